The summed E-state index contributed by atoms with van der Waals surface area (Å²) in [6.07, 6.45) is 3.23. The summed E-state index contributed by atoms with van der Waals surface area (Å²) >= 11 is 0. The Balaban J connectivity index is 2.56. The monoisotopic (exact) mass is 242 g/mol. The number of ether oxygens (including phenoxy) is 1. The molecule has 4 nitrogen and oxygen atoms in total. The zero-order valence-electron chi connectivity index (χ0n) is 11.4. The Labute approximate surface area is 105 Å². The molecule has 0 bridgehead atoms. The molecule has 1 saturated heterocycles. The summed E-state index contributed by atoms with van der Waals surface area (Å²) in [5.74, 6) is 0. The molecule has 0 aromatic rings. The van der Waals surface area contributed by atoms with Crippen LogP contribution in [0.15, 0.2) is 0 Å². The summed E-state index contributed by atoms with van der Waals surface area (Å²) in [5, 5.41) is 0. The average molecular weight is 242 g/mol. The van der Waals surface area contributed by atoms with Crippen molar-refractivity contribution < 1.29 is 9.53 Å². The zero-order chi connectivity index (χ0) is 12.7. The van der Waals surface area contributed by atoms with Gasteiger partial charge in [0.2, 0.25) is 0 Å². The molecule has 1 heterocycles. The second-order valence-electron chi connectivity index (χ2n) is 4.69. The van der Waals surface area contributed by atoms with E-state index in [0.29, 0.717) is 19.3 Å². The minimum Gasteiger partial charge on any atom is -0.378 e. The van der Waals surface area contributed by atoms with E-state index in [4.69, 9.17) is 4.74 Å². The minimum atomic E-state index is 0.191. The maximum atomic E-state index is 12.4. The molecule has 1 rings (SSSR count). The first-order valence-electron chi connectivity index (χ1n) is 6.84. The Bertz CT molecular complexity index is 227. The smallest absolute Gasteiger partial charge is 0.320 e. The van der Waals surface area contributed by atoms with Gasteiger partial charge in [-0.15, -0.1) is 0 Å². The van der Waals surface area contributed by atoms with Crippen LogP contribution in [0.25, 0.3) is 0 Å². The van der Waals surface area contributed by atoms with Gasteiger partial charge in [0.15, 0.2) is 0 Å². The third-order valence-electron chi connectivity index (χ3n) is 3.40. The standard InChI is InChI=1S/C13H26N2O2/c1-4-6-7-15(12(3)5-2)13(16)14-8-10-17-11-9-14/h12H,4-11H2,1-3H3. The Hall–Kier alpha value is -0.770. The van der Waals surface area contributed by atoms with Crippen LogP contribution >= 0.6 is 0 Å². The van der Waals surface area contributed by atoms with E-state index < -0.39 is 0 Å². The van der Waals surface area contributed by atoms with Gasteiger partial charge in [-0.1, -0.05) is 20.3 Å². The molecule has 0 radical (unpaired) electrons. The van der Waals surface area contributed by atoms with Crippen molar-refractivity contribution in [3.05, 3.63) is 0 Å². The third-order valence-corrected chi connectivity index (χ3v) is 3.40. The lowest BCUT2D eigenvalue weighted by Gasteiger charge is -2.36. The summed E-state index contributed by atoms with van der Waals surface area (Å²) in [7, 11) is 0. The average Bonchev–Trinajstić information content (AvgIpc) is 2.39. The van der Waals surface area contributed by atoms with Gasteiger partial charge in [-0.3, -0.25) is 0 Å². The maximum absolute atomic E-state index is 12.4. The second-order valence-corrected chi connectivity index (χ2v) is 4.69. The van der Waals surface area contributed by atoms with Gasteiger partial charge in [0.05, 0.1) is 13.2 Å². The number of unbranched alkanes of at least 4 members (excludes halogenated alkanes) is 1. The summed E-state index contributed by atoms with van der Waals surface area (Å²) in [6.45, 7) is 10.1. The molecular formula is C13H26N2O2. The van der Waals surface area contributed by atoms with Crippen molar-refractivity contribution in [2.24, 2.45) is 0 Å². The number of hydrogen-bond donors (Lipinski definition) is 0. The molecule has 17 heavy (non-hydrogen) atoms. The number of carbonyl (C=O) groups is 1. The first-order valence-corrected chi connectivity index (χ1v) is 6.84. The van der Waals surface area contributed by atoms with Crippen molar-refractivity contribution in [1.82, 2.24) is 9.80 Å². The summed E-state index contributed by atoms with van der Waals surface area (Å²) in [4.78, 5) is 16.3. The Kier molecular flexibility index (Phi) is 6.34. The molecule has 0 aromatic heterocycles. The number of nitrogens with zero attached hydrogens (tertiary/aromatic N) is 2. The van der Waals surface area contributed by atoms with Crippen LogP contribution in [0.4, 0.5) is 4.79 Å². The molecule has 4 heteroatoms. The quantitative estimate of drug-likeness (QED) is 0.741. The van der Waals surface area contributed by atoms with Crippen LogP contribution in [0.3, 0.4) is 0 Å². The van der Waals surface area contributed by atoms with Gasteiger partial charge in [-0.25, -0.2) is 4.79 Å². The summed E-state index contributed by atoms with van der Waals surface area (Å²) in [6, 6.07) is 0.521. The van der Waals surface area contributed by atoms with Gasteiger partial charge < -0.3 is 14.5 Å². The first-order chi connectivity index (χ1) is 8.20. The molecule has 0 saturated carbocycles. The Morgan fingerprint density at radius 2 is 2.00 bits per heavy atom. The predicted molar refractivity (Wildman–Crippen MR) is 69.2 cm³/mol. The Morgan fingerprint density at radius 1 is 1.35 bits per heavy atom. The highest BCUT2D eigenvalue weighted by Crippen LogP contribution is 2.11. The molecule has 1 aliphatic rings. The number of rotatable bonds is 5. The van der Waals surface area contributed by atoms with E-state index in [0.717, 1.165) is 38.9 Å². The number of urea groups is 1. The zero-order valence-corrected chi connectivity index (χ0v) is 11.4. The highest BCUT2D eigenvalue weighted by atomic mass is 16.5. The lowest BCUT2D eigenvalue weighted by atomic mass is 10.2. The summed E-state index contributed by atoms with van der Waals surface area (Å²) in [5.41, 5.74) is 0. The lowest BCUT2D eigenvalue weighted by Crippen LogP contribution is -2.51. The number of hydrogen-bond acceptors (Lipinski definition) is 2. The van der Waals surface area contributed by atoms with Crippen molar-refractivity contribution in [1.29, 1.82) is 0 Å². The van der Waals surface area contributed by atoms with Gasteiger partial charge >= 0.3 is 6.03 Å². The van der Waals surface area contributed by atoms with Crippen molar-refractivity contribution >= 4 is 6.03 Å². The molecule has 2 amide bonds. The van der Waals surface area contributed by atoms with Crippen LogP contribution in [-0.2, 0) is 4.74 Å². The fourth-order valence-electron chi connectivity index (χ4n) is 1.99. The van der Waals surface area contributed by atoms with E-state index in [1.807, 2.05) is 9.80 Å². The van der Waals surface area contributed by atoms with E-state index >= 15 is 0 Å². The fourth-order valence-corrected chi connectivity index (χ4v) is 1.99. The van der Waals surface area contributed by atoms with E-state index in [-0.39, 0.29) is 6.03 Å². The first kappa shape index (κ1) is 14.3. The van der Waals surface area contributed by atoms with Crippen LogP contribution in [0.2, 0.25) is 0 Å². The van der Waals surface area contributed by atoms with Crippen molar-refractivity contribution in [2.45, 2.75) is 46.1 Å². The molecule has 1 fully saturated rings. The van der Waals surface area contributed by atoms with Gasteiger partial charge in [-0.05, 0) is 19.8 Å². The third kappa shape index (κ3) is 4.19. The van der Waals surface area contributed by atoms with Crippen LogP contribution in [0, 0.1) is 0 Å². The van der Waals surface area contributed by atoms with Crippen molar-refractivity contribution in [3.8, 4) is 0 Å². The molecule has 1 atom stereocenters. The van der Waals surface area contributed by atoms with Crippen molar-refractivity contribution in [2.75, 3.05) is 32.8 Å². The van der Waals surface area contributed by atoms with Crippen molar-refractivity contribution in [3.63, 3.8) is 0 Å². The SMILES string of the molecule is CCCCN(C(=O)N1CCOCC1)C(C)CC. The molecule has 1 unspecified atom stereocenters. The highest BCUT2D eigenvalue weighted by Gasteiger charge is 2.25. The van der Waals surface area contributed by atoms with E-state index in [1.54, 1.807) is 0 Å². The van der Waals surface area contributed by atoms with Gasteiger partial charge in [-0.2, -0.15) is 0 Å². The summed E-state index contributed by atoms with van der Waals surface area (Å²) < 4.78 is 5.29. The fraction of sp³-hybridized carbons (Fsp3) is 0.923. The number of carbonyl (C=O) groups excluding carboxylic acids is 1. The normalized spacial score (nSPS) is 17.9. The molecule has 0 aromatic carbocycles. The molecule has 0 aliphatic carbocycles. The van der Waals surface area contributed by atoms with Crippen LogP contribution in [0.5, 0.6) is 0 Å². The van der Waals surface area contributed by atoms with Gasteiger partial charge in [0, 0.05) is 25.7 Å². The molecule has 0 N–H and O–H groups in total. The van der Waals surface area contributed by atoms with Gasteiger partial charge in [0.25, 0.3) is 0 Å². The highest BCUT2D eigenvalue weighted by molar-refractivity contribution is 5.74. The van der Waals surface area contributed by atoms with Gasteiger partial charge in [0.1, 0.15) is 0 Å². The largest absolute Gasteiger partial charge is 0.378 e. The second kappa shape index (κ2) is 7.54. The predicted octanol–water partition coefficient (Wildman–Crippen LogP) is 2.34. The van der Waals surface area contributed by atoms with Crippen LogP contribution in [0.1, 0.15) is 40.0 Å². The maximum Gasteiger partial charge on any atom is 0.320 e. The number of morpholine rings is 1. The minimum absolute atomic E-state index is 0.191. The van der Waals surface area contributed by atoms with Crippen LogP contribution in [-0.4, -0.2) is 54.7 Å². The van der Waals surface area contributed by atoms with E-state index in [1.165, 1.54) is 0 Å². The molecule has 100 valence electrons. The van der Waals surface area contributed by atoms with Crippen LogP contribution < -0.4 is 0 Å². The Morgan fingerprint density at radius 3 is 2.53 bits per heavy atom. The molecule has 1 aliphatic heterocycles. The molecule has 0 spiro atoms. The topological polar surface area (TPSA) is 32.8 Å². The number of amides is 2. The lowest BCUT2D eigenvalue weighted by molar-refractivity contribution is 0.0395. The van der Waals surface area contributed by atoms with E-state index in [2.05, 4.69) is 20.8 Å². The van der Waals surface area contributed by atoms with E-state index in [9.17, 15) is 4.79 Å². The molecular weight excluding hydrogens is 216 g/mol.